The lowest BCUT2D eigenvalue weighted by atomic mass is 9.69. The first-order valence-electron chi connectivity index (χ1n) is 7.68. The van der Waals surface area contributed by atoms with Gasteiger partial charge in [-0.05, 0) is 54.1 Å². The molecule has 1 spiro atoms. The normalized spacial score (nSPS) is 27.0. The molecular formula is C16H18BrClN4. The summed E-state index contributed by atoms with van der Waals surface area (Å²) in [5, 5.41) is 8.76. The molecule has 0 bridgehead atoms. The van der Waals surface area contributed by atoms with Gasteiger partial charge in [-0.1, -0.05) is 11.6 Å². The van der Waals surface area contributed by atoms with Crippen molar-refractivity contribution in [3.8, 4) is 0 Å². The van der Waals surface area contributed by atoms with Gasteiger partial charge in [0.15, 0.2) is 0 Å². The van der Waals surface area contributed by atoms with Crippen molar-refractivity contribution in [3.05, 3.63) is 39.2 Å². The van der Waals surface area contributed by atoms with Crippen molar-refractivity contribution in [2.24, 2.45) is 0 Å². The summed E-state index contributed by atoms with van der Waals surface area (Å²) in [5.41, 5.74) is 2.56. The summed E-state index contributed by atoms with van der Waals surface area (Å²) >= 11 is 10.1. The number of anilines is 1. The van der Waals surface area contributed by atoms with E-state index in [4.69, 9.17) is 11.6 Å². The number of aromatic nitrogens is 3. The van der Waals surface area contributed by atoms with Crippen LogP contribution in [0.2, 0.25) is 5.02 Å². The molecule has 116 valence electrons. The zero-order valence-corrected chi connectivity index (χ0v) is 14.8. The van der Waals surface area contributed by atoms with Gasteiger partial charge in [0, 0.05) is 29.9 Å². The summed E-state index contributed by atoms with van der Waals surface area (Å²) in [7, 11) is 0. The third kappa shape index (κ3) is 2.17. The van der Waals surface area contributed by atoms with Crippen LogP contribution in [-0.2, 0) is 5.41 Å². The highest BCUT2D eigenvalue weighted by molar-refractivity contribution is 9.10. The average Bonchev–Trinajstić information content (AvgIpc) is 3.09. The van der Waals surface area contributed by atoms with Crippen LogP contribution in [0.1, 0.15) is 42.9 Å². The van der Waals surface area contributed by atoms with E-state index in [0.29, 0.717) is 6.04 Å². The standard InChI is InChI=1S/C16H18BrClN4/c1-10-6-21-22(8-10)11-2-4-16(5-3-11)9-20-15-13(16)14(18)12(17)7-19-15/h6-8,11H,2-5,9H2,1H3,(H,19,20). The molecule has 1 saturated carbocycles. The lowest BCUT2D eigenvalue weighted by Crippen LogP contribution is -2.34. The van der Waals surface area contributed by atoms with Crippen LogP contribution in [0.15, 0.2) is 23.1 Å². The molecule has 0 saturated heterocycles. The summed E-state index contributed by atoms with van der Waals surface area (Å²) < 4.78 is 3.02. The Morgan fingerprint density at radius 2 is 2.14 bits per heavy atom. The molecule has 4 rings (SSSR count). The highest BCUT2D eigenvalue weighted by Gasteiger charge is 2.44. The van der Waals surface area contributed by atoms with Crippen molar-refractivity contribution in [1.82, 2.24) is 14.8 Å². The fourth-order valence-electron chi connectivity index (χ4n) is 3.90. The number of hydrogen-bond acceptors (Lipinski definition) is 3. The number of pyridine rings is 1. The first kappa shape index (κ1) is 14.5. The summed E-state index contributed by atoms with van der Waals surface area (Å²) in [6.07, 6.45) is 10.4. The Bertz CT molecular complexity index is 719. The molecule has 2 aliphatic rings. The number of halogens is 2. The zero-order valence-electron chi connectivity index (χ0n) is 12.4. The fourth-order valence-corrected chi connectivity index (χ4v) is 4.54. The molecule has 6 heteroatoms. The second-order valence-corrected chi connectivity index (χ2v) is 7.74. The van der Waals surface area contributed by atoms with Gasteiger partial charge in [-0.3, -0.25) is 4.68 Å². The fraction of sp³-hybridized carbons (Fsp3) is 0.500. The molecule has 2 aromatic rings. The average molecular weight is 382 g/mol. The number of nitrogens with zero attached hydrogens (tertiary/aromatic N) is 3. The second-order valence-electron chi connectivity index (χ2n) is 6.51. The molecular weight excluding hydrogens is 364 g/mol. The predicted molar refractivity (Wildman–Crippen MR) is 91.6 cm³/mol. The molecule has 1 aliphatic carbocycles. The highest BCUT2D eigenvalue weighted by atomic mass is 79.9. The summed E-state index contributed by atoms with van der Waals surface area (Å²) in [5.74, 6) is 0.960. The van der Waals surface area contributed by atoms with Crippen LogP contribution in [0.4, 0.5) is 5.82 Å². The van der Waals surface area contributed by atoms with Crippen molar-refractivity contribution < 1.29 is 0 Å². The molecule has 22 heavy (non-hydrogen) atoms. The second kappa shape index (κ2) is 5.24. The Kier molecular flexibility index (Phi) is 3.46. The Balaban J connectivity index is 1.61. The van der Waals surface area contributed by atoms with Crippen molar-refractivity contribution in [2.75, 3.05) is 11.9 Å². The van der Waals surface area contributed by atoms with E-state index in [-0.39, 0.29) is 5.41 Å². The molecule has 1 N–H and O–H groups in total. The summed E-state index contributed by atoms with van der Waals surface area (Å²) in [6, 6.07) is 0.502. The first-order valence-corrected chi connectivity index (χ1v) is 8.85. The topological polar surface area (TPSA) is 42.7 Å². The largest absolute Gasteiger partial charge is 0.369 e. The van der Waals surface area contributed by atoms with Crippen LogP contribution in [0.5, 0.6) is 0 Å². The molecule has 1 fully saturated rings. The van der Waals surface area contributed by atoms with Gasteiger partial charge in [-0.25, -0.2) is 4.98 Å². The van der Waals surface area contributed by atoms with Gasteiger partial charge in [-0.15, -0.1) is 0 Å². The molecule has 0 unspecified atom stereocenters. The number of rotatable bonds is 1. The highest BCUT2D eigenvalue weighted by Crippen LogP contribution is 2.51. The minimum Gasteiger partial charge on any atom is -0.369 e. The zero-order chi connectivity index (χ0) is 15.3. The van der Waals surface area contributed by atoms with E-state index in [9.17, 15) is 0 Å². The smallest absolute Gasteiger partial charge is 0.131 e. The van der Waals surface area contributed by atoms with Gasteiger partial charge in [-0.2, -0.15) is 5.10 Å². The third-order valence-electron chi connectivity index (χ3n) is 5.11. The van der Waals surface area contributed by atoms with E-state index in [1.165, 1.54) is 11.1 Å². The van der Waals surface area contributed by atoms with Gasteiger partial charge in [0.25, 0.3) is 0 Å². The van der Waals surface area contributed by atoms with Gasteiger partial charge < -0.3 is 5.32 Å². The number of nitrogens with one attached hydrogen (secondary N) is 1. The minimum absolute atomic E-state index is 0.127. The Morgan fingerprint density at radius 1 is 1.36 bits per heavy atom. The van der Waals surface area contributed by atoms with E-state index in [0.717, 1.165) is 47.5 Å². The first-order chi connectivity index (χ1) is 10.6. The lowest BCUT2D eigenvalue weighted by molar-refractivity contribution is 0.237. The van der Waals surface area contributed by atoms with Crippen molar-refractivity contribution in [1.29, 1.82) is 0 Å². The van der Waals surface area contributed by atoms with Crippen LogP contribution in [0.25, 0.3) is 0 Å². The van der Waals surface area contributed by atoms with E-state index >= 15 is 0 Å². The van der Waals surface area contributed by atoms with Crippen LogP contribution in [0, 0.1) is 6.92 Å². The maximum Gasteiger partial charge on any atom is 0.131 e. The van der Waals surface area contributed by atoms with Crippen LogP contribution in [-0.4, -0.2) is 21.3 Å². The predicted octanol–water partition coefficient (Wildman–Crippen LogP) is 4.48. The Hall–Kier alpha value is -1.07. The summed E-state index contributed by atoms with van der Waals surface area (Å²) in [6.45, 7) is 3.03. The lowest BCUT2D eigenvalue weighted by Gasteiger charge is -2.37. The summed E-state index contributed by atoms with van der Waals surface area (Å²) in [4.78, 5) is 4.49. The van der Waals surface area contributed by atoms with Crippen molar-refractivity contribution >= 4 is 33.3 Å². The van der Waals surface area contributed by atoms with Gasteiger partial charge in [0.05, 0.1) is 21.7 Å². The van der Waals surface area contributed by atoms with E-state index in [1.54, 1.807) is 6.20 Å². The van der Waals surface area contributed by atoms with Crippen LogP contribution < -0.4 is 5.32 Å². The van der Waals surface area contributed by atoms with E-state index < -0.39 is 0 Å². The number of hydrogen-bond donors (Lipinski definition) is 1. The molecule has 3 heterocycles. The molecule has 1 aliphatic heterocycles. The van der Waals surface area contributed by atoms with Gasteiger partial charge >= 0.3 is 0 Å². The van der Waals surface area contributed by atoms with Crippen molar-refractivity contribution in [3.63, 3.8) is 0 Å². The third-order valence-corrected chi connectivity index (χ3v) is 6.34. The molecule has 0 amide bonds. The molecule has 0 radical (unpaired) electrons. The minimum atomic E-state index is 0.127. The maximum absolute atomic E-state index is 6.57. The monoisotopic (exact) mass is 380 g/mol. The van der Waals surface area contributed by atoms with Crippen LogP contribution >= 0.6 is 27.5 Å². The van der Waals surface area contributed by atoms with E-state index in [1.807, 2.05) is 6.20 Å². The van der Waals surface area contributed by atoms with Crippen LogP contribution in [0.3, 0.4) is 0 Å². The Labute approximate surface area is 143 Å². The number of fused-ring (bicyclic) bond motifs is 2. The number of aryl methyl sites for hydroxylation is 1. The molecule has 4 nitrogen and oxygen atoms in total. The molecule has 0 aromatic carbocycles. The maximum atomic E-state index is 6.57. The SMILES string of the molecule is Cc1cnn(C2CCC3(CC2)CNc2ncc(Br)c(Cl)c23)c1. The van der Waals surface area contributed by atoms with Gasteiger partial charge in [0.1, 0.15) is 5.82 Å². The van der Waals surface area contributed by atoms with Crippen molar-refractivity contribution in [2.45, 2.75) is 44.1 Å². The van der Waals surface area contributed by atoms with E-state index in [2.05, 4.69) is 49.1 Å². The van der Waals surface area contributed by atoms with Gasteiger partial charge in [0.2, 0.25) is 0 Å². The Morgan fingerprint density at radius 3 is 2.82 bits per heavy atom. The molecule has 0 atom stereocenters. The quantitative estimate of drug-likeness (QED) is 0.792. The molecule has 2 aromatic heterocycles.